The second-order valence-corrected chi connectivity index (χ2v) is 8.18. The third kappa shape index (κ3) is 2.18. The molecule has 0 heterocycles. The Balaban J connectivity index is 1.87. The SMILES string of the molecule is Oc1cc2c(c3ccccc13)C(C1=CC=CCC1)(c1ccccc1)c1ccccc1-2. The van der Waals surface area contributed by atoms with Gasteiger partial charge in [-0.15, -0.1) is 0 Å². The molecule has 4 aromatic rings. The van der Waals surface area contributed by atoms with E-state index in [0.717, 1.165) is 29.2 Å². The maximum Gasteiger partial charge on any atom is 0.124 e. The van der Waals surface area contributed by atoms with Crippen molar-refractivity contribution in [3.63, 3.8) is 0 Å². The van der Waals surface area contributed by atoms with Crippen LogP contribution in [0.15, 0.2) is 109 Å². The minimum Gasteiger partial charge on any atom is -0.507 e. The summed E-state index contributed by atoms with van der Waals surface area (Å²) in [6.07, 6.45) is 8.83. The molecule has 0 fully saturated rings. The van der Waals surface area contributed by atoms with Crippen molar-refractivity contribution in [1.82, 2.24) is 0 Å². The summed E-state index contributed by atoms with van der Waals surface area (Å²) >= 11 is 0. The van der Waals surface area contributed by atoms with Gasteiger partial charge in [-0.25, -0.2) is 0 Å². The zero-order valence-electron chi connectivity index (χ0n) is 16.7. The van der Waals surface area contributed by atoms with E-state index in [1.165, 1.54) is 27.8 Å². The molecule has 6 rings (SSSR count). The van der Waals surface area contributed by atoms with Gasteiger partial charge in [-0.05, 0) is 52.1 Å². The summed E-state index contributed by atoms with van der Waals surface area (Å²) in [6, 6.07) is 29.8. The van der Waals surface area contributed by atoms with Gasteiger partial charge in [0.1, 0.15) is 5.75 Å². The van der Waals surface area contributed by atoms with Gasteiger partial charge >= 0.3 is 0 Å². The second-order valence-electron chi connectivity index (χ2n) is 8.18. The van der Waals surface area contributed by atoms with Crippen LogP contribution in [-0.2, 0) is 5.41 Å². The number of fused-ring (bicyclic) bond motifs is 5. The van der Waals surface area contributed by atoms with E-state index in [1.54, 1.807) is 0 Å². The molecule has 4 aromatic carbocycles. The van der Waals surface area contributed by atoms with E-state index in [9.17, 15) is 5.11 Å². The first-order valence-corrected chi connectivity index (χ1v) is 10.6. The fourth-order valence-electron chi connectivity index (χ4n) is 5.57. The molecular formula is C29H22O. The molecule has 0 amide bonds. The number of hydrogen-bond donors (Lipinski definition) is 1. The third-order valence-electron chi connectivity index (χ3n) is 6.72. The first-order valence-electron chi connectivity index (χ1n) is 10.6. The lowest BCUT2D eigenvalue weighted by Crippen LogP contribution is -2.30. The van der Waals surface area contributed by atoms with Crippen LogP contribution in [0.2, 0.25) is 0 Å². The molecule has 1 nitrogen and oxygen atoms in total. The van der Waals surface area contributed by atoms with Gasteiger partial charge in [0.05, 0.1) is 5.41 Å². The van der Waals surface area contributed by atoms with Crippen molar-refractivity contribution >= 4 is 10.8 Å². The summed E-state index contributed by atoms with van der Waals surface area (Å²) in [4.78, 5) is 0. The van der Waals surface area contributed by atoms with Crippen LogP contribution >= 0.6 is 0 Å². The first kappa shape index (κ1) is 17.3. The van der Waals surface area contributed by atoms with Crippen molar-refractivity contribution in [1.29, 1.82) is 0 Å². The largest absolute Gasteiger partial charge is 0.507 e. The molecule has 0 bridgehead atoms. The Morgan fingerprint density at radius 3 is 2.27 bits per heavy atom. The summed E-state index contributed by atoms with van der Waals surface area (Å²) in [7, 11) is 0. The molecule has 0 spiro atoms. The zero-order valence-corrected chi connectivity index (χ0v) is 16.7. The van der Waals surface area contributed by atoms with Crippen LogP contribution in [0.5, 0.6) is 5.75 Å². The second kappa shape index (κ2) is 6.47. The molecule has 144 valence electrons. The third-order valence-corrected chi connectivity index (χ3v) is 6.72. The minimum absolute atomic E-state index is 0.348. The quantitative estimate of drug-likeness (QED) is 0.388. The van der Waals surface area contributed by atoms with Crippen molar-refractivity contribution in [2.75, 3.05) is 0 Å². The van der Waals surface area contributed by atoms with Gasteiger partial charge < -0.3 is 5.11 Å². The van der Waals surface area contributed by atoms with Crippen molar-refractivity contribution in [3.05, 3.63) is 125 Å². The number of benzene rings is 4. The molecule has 0 aromatic heterocycles. The minimum atomic E-state index is -0.356. The highest BCUT2D eigenvalue weighted by molar-refractivity contribution is 6.03. The van der Waals surface area contributed by atoms with Crippen LogP contribution in [0.1, 0.15) is 29.5 Å². The predicted molar refractivity (Wildman–Crippen MR) is 124 cm³/mol. The summed E-state index contributed by atoms with van der Waals surface area (Å²) in [5, 5.41) is 12.9. The van der Waals surface area contributed by atoms with Crippen LogP contribution in [0.3, 0.4) is 0 Å². The van der Waals surface area contributed by atoms with E-state index in [2.05, 4.69) is 85.0 Å². The van der Waals surface area contributed by atoms with Crippen molar-refractivity contribution in [3.8, 4) is 16.9 Å². The molecule has 0 aliphatic heterocycles. The Kier molecular flexibility index (Phi) is 3.73. The molecule has 0 saturated heterocycles. The lowest BCUT2D eigenvalue weighted by atomic mass is 9.64. The highest BCUT2D eigenvalue weighted by atomic mass is 16.3. The number of aromatic hydroxyl groups is 1. The summed E-state index contributed by atoms with van der Waals surface area (Å²) in [6.45, 7) is 0. The molecule has 0 saturated carbocycles. The van der Waals surface area contributed by atoms with Gasteiger partial charge in [-0.2, -0.15) is 0 Å². The Morgan fingerprint density at radius 1 is 0.733 bits per heavy atom. The van der Waals surface area contributed by atoms with Gasteiger partial charge in [0.15, 0.2) is 0 Å². The Hall–Kier alpha value is -3.58. The van der Waals surface area contributed by atoms with Gasteiger partial charge in [0, 0.05) is 5.39 Å². The lowest BCUT2D eigenvalue weighted by Gasteiger charge is -2.37. The molecule has 1 unspecified atom stereocenters. The van der Waals surface area contributed by atoms with Crippen molar-refractivity contribution < 1.29 is 5.11 Å². The number of phenolic OH excluding ortho intramolecular Hbond substituents is 1. The normalized spacial score (nSPS) is 19.4. The Morgan fingerprint density at radius 2 is 1.47 bits per heavy atom. The van der Waals surface area contributed by atoms with Gasteiger partial charge in [0.2, 0.25) is 0 Å². The molecule has 2 aliphatic rings. The van der Waals surface area contributed by atoms with E-state index in [4.69, 9.17) is 0 Å². The fraction of sp³-hybridized carbons (Fsp3) is 0.103. The Bertz CT molecular complexity index is 1340. The average molecular weight is 386 g/mol. The van der Waals surface area contributed by atoms with E-state index in [1.807, 2.05) is 18.2 Å². The summed E-state index contributed by atoms with van der Waals surface area (Å²) in [5.74, 6) is 0.348. The molecule has 1 heteroatoms. The highest BCUT2D eigenvalue weighted by Gasteiger charge is 2.48. The fourth-order valence-corrected chi connectivity index (χ4v) is 5.57. The van der Waals surface area contributed by atoms with E-state index < -0.39 is 0 Å². The van der Waals surface area contributed by atoms with Crippen molar-refractivity contribution in [2.24, 2.45) is 0 Å². The van der Waals surface area contributed by atoms with Crippen LogP contribution in [-0.4, -0.2) is 5.11 Å². The topological polar surface area (TPSA) is 20.2 Å². The molecule has 1 atom stereocenters. The van der Waals surface area contributed by atoms with Gasteiger partial charge in [-0.1, -0.05) is 103 Å². The first-order chi connectivity index (χ1) is 14.8. The maximum atomic E-state index is 10.9. The molecular weight excluding hydrogens is 364 g/mol. The lowest BCUT2D eigenvalue weighted by molar-refractivity contribution is 0.481. The monoisotopic (exact) mass is 386 g/mol. The summed E-state index contributed by atoms with van der Waals surface area (Å²) in [5.41, 5.74) is 7.31. The van der Waals surface area contributed by atoms with Crippen LogP contribution < -0.4 is 0 Å². The Labute approximate surface area is 176 Å². The average Bonchev–Trinajstić information content (AvgIpc) is 3.12. The zero-order chi connectivity index (χ0) is 20.1. The standard InChI is InChI=1S/C29H22O/c30-27-19-25-22-15-9-10-18-26(22)29(20-11-3-1-4-12-20,21-13-5-2-6-14-21)28(25)24-17-8-7-16-23(24)27/h1-5,7-13,15-19,30H,6,14H2. The molecule has 30 heavy (non-hydrogen) atoms. The van der Waals surface area contributed by atoms with Crippen LogP contribution in [0.25, 0.3) is 21.9 Å². The van der Waals surface area contributed by atoms with Gasteiger partial charge in [0.25, 0.3) is 0 Å². The van der Waals surface area contributed by atoms with E-state index >= 15 is 0 Å². The number of hydrogen-bond acceptors (Lipinski definition) is 1. The van der Waals surface area contributed by atoms with Crippen LogP contribution in [0, 0.1) is 0 Å². The van der Waals surface area contributed by atoms with Gasteiger partial charge in [-0.3, -0.25) is 0 Å². The predicted octanol–water partition coefficient (Wildman–Crippen LogP) is 7.14. The smallest absolute Gasteiger partial charge is 0.124 e. The molecule has 0 radical (unpaired) electrons. The van der Waals surface area contributed by atoms with E-state index in [0.29, 0.717) is 5.75 Å². The van der Waals surface area contributed by atoms with Crippen LogP contribution in [0.4, 0.5) is 0 Å². The van der Waals surface area contributed by atoms with Crippen molar-refractivity contribution in [2.45, 2.75) is 18.3 Å². The number of allylic oxidation sites excluding steroid dienone is 4. The highest BCUT2D eigenvalue weighted by Crippen LogP contribution is 2.60. The molecule has 1 N–H and O–H groups in total. The van der Waals surface area contributed by atoms with E-state index in [-0.39, 0.29) is 5.41 Å². The number of rotatable bonds is 2. The summed E-state index contributed by atoms with van der Waals surface area (Å²) < 4.78 is 0. The maximum absolute atomic E-state index is 10.9. The number of phenols is 1. The molecule has 2 aliphatic carbocycles.